The quantitative estimate of drug-likeness (QED) is 0.319. The number of nitrogens with zero attached hydrogens (tertiary/aromatic N) is 1. The molecule has 1 fully saturated rings. The van der Waals surface area contributed by atoms with E-state index in [1.54, 1.807) is 6.92 Å². The summed E-state index contributed by atoms with van der Waals surface area (Å²) in [6.45, 7) is 1.33. The highest BCUT2D eigenvalue weighted by atomic mass is 35.5. The third kappa shape index (κ3) is 5.06. The molecule has 2 amide bonds. The van der Waals surface area contributed by atoms with E-state index in [0.717, 1.165) is 46.2 Å². The molecule has 3 heterocycles. The van der Waals surface area contributed by atoms with Crippen molar-refractivity contribution in [2.24, 2.45) is 5.92 Å². The third-order valence-corrected chi connectivity index (χ3v) is 8.85. The highest BCUT2D eigenvalue weighted by Crippen LogP contribution is 2.55. The highest BCUT2D eigenvalue weighted by molar-refractivity contribution is 8.00. The maximum atomic E-state index is 13.8. The fourth-order valence-electron chi connectivity index (χ4n) is 4.66. The van der Waals surface area contributed by atoms with Crippen LogP contribution in [-0.2, 0) is 25.3 Å². The molecule has 3 atom stereocenters. The molecule has 14 heteroatoms. The van der Waals surface area contributed by atoms with Crippen LogP contribution in [0.15, 0.2) is 52.3 Å². The number of aromatic nitrogens is 1. The molecule has 0 aliphatic carbocycles. The second-order valence-electron chi connectivity index (χ2n) is 8.59. The second-order valence-corrected chi connectivity index (χ2v) is 11.2. The molecule has 5 rings (SSSR count). The van der Waals surface area contributed by atoms with Crippen LogP contribution in [0.25, 0.3) is 0 Å². The number of thiazole rings is 1. The highest BCUT2D eigenvalue weighted by Gasteiger charge is 2.57. The fourth-order valence-corrected chi connectivity index (χ4v) is 7.35. The summed E-state index contributed by atoms with van der Waals surface area (Å²) in [5.74, 6) is -3.92. The molecule has 8 nitrogen and oxygen atoms in total. The number of H-pyrrole nitrogens is 1. The fraction of sp³-hybridized carbons (Fsp3) is 0.280. The number of amides is 2. The van der Waals surface area contributed by atoms with E-state index in [1.807, 2.05) is 0 Å². The van der Waals surface area contributed by atoms with Crippen LogP contribution in [0.5, 0.6) is 5.75 Å². The van der Waals surface area contributed by atoms with Gasteiger partial charge < -0.3 is 14.5 Å². The minimum atomic E-state index is -4.68. The number of alkyl halides is 3. The summed E-state index contributed by atoms with van der Waals surface area (Å²) in [5.41, 5.74) is -0.881. The number of carbonyl (C=O) groups excluding carboxylic acids is 3. The van der Waals surface area contributed by atoms with Crippen LogP contribution in [0.2, 0.25) is 5.02 Å². The van der Waals surface area contributed by atoms with Gasteiger partial charge in [0.25, 0.3) is 0 Å². The number of esters is 1. The standard InChI is InChI=1S/C25H18ClF3N2O6S2/c1-2-36-16(32)10-37-15-7-6-12(26)9-14(15)17-18-20(38-21-19(17)39-24(35)30-21)23(34)31(22(18)33)13-5-3-4-11(8-13)25(27,28)29/h3-9,17-18,20H,2,10H2,1H3,(H,30,35). The molecule has 2 aliphatic heterocycles. The van der Waals surface area contributed by atoms with Crippen molar-refractivity contribution < 1.29 is 37.0 Å². The molecule has 2 aliphatic rings. The number of hydrogen-bond donors (Lipinski definition) is 1. The third-order valence-electron chi connectivity index (χ3n) is 6.21. The maximum absolute atomic E-state index is 13.8. The van der Waals surface area contributed by atoms with E-state index in [-0.39, 0.29) is 23.1 Å². The molecule has 0 spiro atoms. The van der Waals surface area contributed by atoms with Gasteiger partial charge >= 0.3 is 17.0 Å². The van der Waals surface area contributed by atoms with E-state index >= 15 is 0 Å². The number of rotatable bonds is 6. The molecular formula is C25H18ClF3N2O6S2. The number of imide groups is 1. The zero-order valence-electron chi connectivity index (χ0n) is 19.9. The molecule has 1 aromatic heterocycles. The van der Waals surface area contributed by atoms with Crippen molar-refractivity contribution in [1.29, 1.82) is 0 Å². The Morgan fingerprint density at radius 1 is 1.13 bits per heavy atom. The summed E-state index contributed by atoms with van der Waals surface area (Å²) in [6, 6.07) is 8.49. The monoisotopic (exact) mass is 598 g/mol. The number of halogens is 4. The maximum Gasteiger partial charge on any atom is 0.416 e. The topological polar surface area (TPSA) is 106 Å². The van der Waals surface area contributed by atoms with Crippen molar-refractivity contribution in [3.05, 3.63) is 73.2 Å². The van der Waals surface area contributed by atoms with Crippen molar-refractivity contribution in [2.75, 3.05) is 18.1 Å². The number of carbonyl (C=O) groups is 3. The van der Waals surface area contributed by atoms with E-state index in [0.29, 0.717) is 15.5 Å². The smallest absolute Gasteiger partial charge is 0.416 e. The van der Waals surface area contributed by atoms with Crippen molar-refractivity contribution >= 4 is 58.2 Å². The van der Waals surface area contributed by atoms with Crippen molar-refractivity contribution in [3.8, 4) is 5.75 Å². The Kier molecular flexibility index (Phi) is 7.25. The lowest BCUT2D eigenvalue weighted by atomic mass is 9.82. The largest absolute Gasteiger partial charge is 0.482 e. The summed E-state index contributed by atoms with van der Waals surface area (Å²) >= 11 is 8.10. The predicted octanol–water partition coefficient (Wildman–Crippen LogP) is 4.85. The van der Waals surface area contributed by atoms with E-state index in [9.17, 15) is 32.3 Å². The van der Waals surface area contributed by atoms with Crippen LogP contribution in [0, 0.1) is 5.92 Å². The zero-order chi connectivity index (χ0) is 28.1. The van der Waals surface area contributed by atoms with Gasteiger partial charge in [0.15, 0.2) is 6.61 Å². The number of thioether (sulfide) groups is 1. The van der Waals surface area contributed by atoms with E-state index in [2.05, 4.69) is 4.98 Å². The van der Waals surface area contributed by atoms with Gasteiger partial charge in [-0.05, 0) is 43.3 Å². The molecule has 3 unspecified atom stereocenters. The van der Waals surface area contributed by atoms with Gasteiger partial charge in [0.1, 0.15) is 11.0 Å². The first-order valence-corrected chi connectivity index (χ1v) is 13.6. The van der Waals surface area contributed by atoms with Gasteiger partial charge in [-0.2, -0.15) is 13.2 Å². The van der Waals surface area contributed by atoms with Gasteiger partial charge in [-0.25, -0.2) is 9.69 Å². The lowest BCUT2D eigenvalue weighted by Gasteiger charge is -2.31. The molecule has 204 valence electrons. The van der Waals surface area contributed by atoms with Gasteiger partial charge in [-0.3, -0.25) is 14.4 Å². The Labute approximate surface area is 232 Å². The van der Waals surface area contributed by atoms with Gasteiger partial charge in [0, 0.05) is 21.4 Å². The van der Waals surface area contributed by atoms with Crippen LogP contribution in [-0.4, -0.2) is 41.2 Å². The molecule has 0 bridgehead atoms. The number of nitrogens with one attached hydrogen (secondary N) is 1. The average Bonchev–Trinajstić information content (AvgIpc) is 3.37. The van der Waals surface area contributed by atoms with Crippen LogP contribution in [0.4, 0.5) is 18.9 Å². The summed E-state index contributed by atoms with van der Waals surface area (Å²) in [4.78, 5) is 55.1. The van der Waals surface area contributed by atoms with Crippen molar-refractivity contribution in [1.82, 2.24) is 4.98 Å². The minimum Gasteiger partial charge on any atom is -0.482 e. The Hall–Kier alpha value is -3.29. The van der Waals surface area contributed by atoms with Gasteiger partial charge in [0.2, 0.25) is 11.8 Å². The Morgan fingerprint density at radius 2 is 1.90 bits per heavy atom. The molecule has 0 radical (unpaired) electrons. The average molecular weight is 599 g/mol. The molecule has 2 aromatic carbocycles. The van der Waals surface area contributed by atoms with E-state index < -0.39 is 58.1 Å². The van der Waals surface area contributed by atoms with Crippen LogP contribution < -0.4 is 14.5 Å². The summed E-state index contributed by atoms with van der Waals surface area (Å²) in [5, 5.41) is -0.425. The van der Waals surface area contributed by atoms with Gasteiger partial charge in [0.05, 0.1) is 28.8 Å². The Morgan fingerprint density at radius 3 is 2.62 bits per heavy atom. The van der Waals surface area contributed by atoms with E-state index in [4.69, 9.17) is 21.1 Å². The zero-order valence-corrected chi connectivity index (χ0v) is 22.3. The number of benzene rings is 2. The molecule has 3 aromatic rings. The number of hydrogen-bond acceptors (Lipinski definition) is 8. The molecular weight excluding hydrogens is 581 g/mol. The van der Waals surface area contributed by atoms with Crippen LogP contribution >= 0.6 is 34.7 Å². The molecule has 0 saturated carbocycles. The number of ether oxygens (including phenoxy) is 2. The van der Waals surface area contributed by atoms with Gasteiger partial charge in [-0.1, -0.05) is 40.8 Å². The molecule has 1 N–H and O–H groups in total. The normalized spacial score (nSPS) is 20.5. The van der Waals surface area contributed by atoms with E-state index in [1.165, 1.54) is 24.3 Å². The first-order valence-electron chi connectivity index (χ1n) is 11.5. The van der Waals surface area contributed by atoms with Crippen LogP contribution in [0.1, 0.15) is 28.8 Å². The van der Waals surface area contributed by atoms with Crippen LogP contribution in [0.3, 0.4) is 0 Å². The first kappa shape index (κ1) is 27.3. The minimum absolute atomic E-state index is 0.141. The number of fused-ring (bicyclic) bond motifs is 2. The van der Waals surface area contributed by atoms with Gasteiger partial charge in [-0.15, -0.1) is 0 Å². The second kappa shape index (κ2) is 10.4. The first-order chi connectivity index (χ1) is 18.5. The van der Waals surface area contributed by atoms with Crippen molar-refractivity contribution in [3.63, 3.8) is 0 Å². The summed E-state index contributed by atoms with van der Waals surface area (Å²) < 4.78 is 50.7. The number of anilines is 1. The number of aromatic amines is 1. The lowest BCUT2D eigenvalue weighted by molar-refractivity contribution is -0.145. The molecule has 1 saturated heterocycles. The Bertz CT molecular complexity index is 1540. The molecule has 39 heavy (non-hydrogen) atoms. The summed E-state index contributed by atoms with van der Waals surface area (Å²) in [7, 11) is 0. The van der Waals surface area contributed by atoms with Crippen molar-refractivity contribution in [2.45, 2.75) is 29.3 Å². The lowest BCUT2D eigenvalue weighted by Crippen LogP contribution is -2.32. The predicted molar refractivity (Wildman–Crippen MR) is 137 cm³/mol. The SMILES string of the molecule is CCOC(=O)COc1ccc(Cl)cc1C1c2sc(=O)[nH]c2SC2C(=O)N(c3cccc(C(F)(F)F)c3)C(=O)C21. The summed E-state index contributed by atoms with van der Waals surface area (Å²) in [6.07, 6.45) is -4.68. The Balaban J connectivity index is 1.61.